The summed E-state index contributed by atoms with van der Waals surface area (Å²) in [5.74, 6) is 0. The van der Waals surface area contributed by atoms with Crippen LogP contribution in [0.3, 0.4) is 0 Å². The van der Waals surface area contributed by atoms with E-state index in [0.29, 0.717) is 33.0 Å². The highest BCUT2D eigenvalue weighted by Gasteiger charge is 2.34. The number of nitrogens with zero attached hydrogens (tertiary/aromatic N) is 1. The van der Waals surface area contributed by atoms with Crippen molar-refractivity contribution < 1.29 is 27.2 Å². The molecule has 0 heterocycles. The standard InChI is InChI=1S/C26H57NO6P2/c1-6-11-16-17-18-19-20-27(25-34(28,30-21-12-7-2)31-22-13-8-3)26-35(29,32-23-14-9-4)33-24-15-10-5/h6-26H2,1-5H3. The number of hydrogen-bond donors (Lipinski definition) is 0. The molecule has 0 aliphatic rings. The molecule has 9 heteroatoms. The van der Waals surface area contributed by atoms with Crippen LogP contribution in [0.25, 0.3) is 0 Å². The molecule has 7 nitrogen and oxygen atoms in total. The molecule has 0 aliphatic carbocycles. The average molecular weight is 542 g/mol. The van der Waals surface area contributed by atoms with Crippen LogP contribution in [0.1, 0.15) is 125 Å². The minimum atomic E-state index is -3.36. The Hall–Kier alpha value is 0.260. The van der Waals surface area contributed by atoms with Gasteiger partial charge in [-0.05, 0) is 38.6 Å². The van der Waals surface area contributed by atoms with E-state index in [1.807, 2.05) is 4.90 Å². The van der Waals surface area contributed by atoms with Gasteiger partial charge in [0.1, 0.15) is 12.6 Å². The van der Waals surface area contributed by atoms with Crippen molar-refractivity contribution in [2.24, 2.45) is 0 Å². The highest BCUT2D eigenvalue weighted by atomic mass is 31.2. The molecule has 0 aromatic rings. The zero-order valence-corrected chi connectivity index (χ0v) is 25.4. The van der Waals surface area contributed by atoms with E-state index in [-0.39, 0.29) is 12.6 Å². The molecule has 0 unspecified atom stereocenters. The number of unbranched alkanes of at least 4 members (excludes halogenated alkanes) is 9. The summed E-state index contributed by atoms with van der Waals surface area (Å²) in [6.45, 7) is 12.8. The third kappa shape index (κ3) is 20.0. The van der Waals surface area contributed by atoms with Crippen molar-refractivity contribution in [3.05, 3.63) is 0 Å². The van der Waals surface area contributed by atoms with Crippen LogP contribution in [-0.2, 0) is 27.2 Å². The van der Waals surface area contributed by atoms with Gasteiger partial charge in [-0.1, -0.05) is 92.4 Å². The van der Waals surface area contributed by atoms with Crippen molar-refractivity contribution >= 4 is 15.2 Å². The minimum Gasteiger partial charge on any atom is -0.308 e. The van der Waals surface area contributed by atoms with E-state index in [2.05, 4.69) is 34.6 Å². The Morgan fingerprint density at radius 2 is 0.771 bits per heavy atom. The molecule has 0 aromatic heterocycles. The molecular formula is C26H57NO6P2. The van der Waals surface area contributed by atoms with Gasteiger partial charge in [-0.2, -0.15) is 0 Å². The number of hydrogen-bond acceptors (Lipinski definition) is 7. The molecule has 0 N–H and O–H groups in total. The van der Waals surface area contributed by atoms with Gasteiger partial charge in [0.25, 0.3) is 0 Å². The zero-order valence-electron chi connectivity index (χ0n) is 23.6. The second kappa shape index (κ2) is 23.4. The summed E-state index contributed by atoms with van der Waals surface area (Å²) < 4.78 is 50.7. The fourth-order valence-corrected chi connectivity index (χ4v) is 7.15. The summed E-state index contributed by atoms with van der Waals surface area (Å²) in [6, 6.07) is 0. The number of rotatable bonds is 27. The van der Waals surface area contributed by atoms with Gasteiger partial charge in [0.15, 0.2) is 0 Å². The van der Waals surface area contributed by atoms with Crippen molar-refractivity contribution in [2.75, 3.05) is 45.5 Å². The third-order valence-corrected chi connectivity index (χ3v) is 9.51. The largest absolute Gasteiger partial charge is 0.344 e. The van der Waals surface area contributed by atoms with Crippen LogP contribution in [0.4, 0.5) is 0 Å². The average Bonchev–Trinajstić information content (AvgIpc) is 2.82. The van der Waals surface area contributed by atoms with E-state index in [9.17, 15) is 9.13 Å². The van der Waals surface area contributed by atoms with E-state index in [1.54, 1.807) is 0 Å². The molecule has 0 amide bonds. The molecule has 0 rings (SSSR count). The fraction of sp³-hybridized carbons (Fsp3) is 1.00. The van der Waals surface area contributed by atoms with Crippen molar-refractivity contribution in [1.29, 1.82) is 0 Å². The van der Waals surface area contributed by atoms with Gasteiger partial charge in [0.05, 0.1) is 26.4 Å². The van der Waals surface area contributed by atoms with E-state index < -0.39 is 15.2 Å². The van der Waals surface area contributed by atoms with E-state index in [0.717, 1.165) is 64.2 Å². The lowest BCUT2D eigenvalue weighted by atomic mass is 10.1. The Morgan fingerprint density at radius 1 is 0.457 bits per heavy atom. The van der Waals surface area contributed by atoms with E-state index in [4.69, 9.17) is 18.1 Å². The summed E-state index contributed by atoms with van der Waals surface area (Å²) >= 11 is 0. The lowest BCUT2D eigenvalue weighted by molar-refractivity contribution is 0.168. The molecule has 35 heavy (non-hydrogen) atoms. The van der Waals surface area contributed by atoms with Gasteiger partial charge in [0.2, 0.25) is 0 Å². The van der Waals surface area contributed by atoms with Gasteiger partial charge < -0.3 is 18.1 Å². The second-order valence-electron chi connectivity index (χ2n) is 9.41. The molecule has 0 radical (unpaired) electrons. The minimum absolute atomic E-state index is 0.119. The normalized spacial score (nSPS) is 12.6. The van der Waals surface area contributed by atoms with Crippen LogP contribution >= 0.6 is 15.2 Å². The highest BCUT2D eigenvalue weighted by Crippen LogP contribution is 2.53. The summed E-state index contributed by atoms with van der Waals surface area (Å²) in [7, 11) is -6.71. The van der Waals surface area contributed by atoms with E-state index >= 15 is 0 Å². The lowest BCUT2D eigenvalue weighted by Crippen LogP contribution is -2.29. The quantitative estimate of drug-likeness (QED) is 0.0758. The Bertz CT molecular complexity index is 496. The highest BCUT2D eigenvalue weighted by molar-refractivity contribution is 7.54. The maximum atomic E-state index is 13.7. The second-order valence-corrected chi connectivity index (χ2v) is 13.5. The maximum Gasteiger partial charge on any atom is 0.344 e. The van der Waals surface area contributed by atoms with Crippen LogP contribution in [0.15, 0.2) is 0 Å². The first-order chi connectivity index (χ1) is 16.9. The first kappa shape index (κ1) is 35.3. The summed E-state index contributed by atoms with van der Waals surface area (Å²) in [4.78, 5) is 1.96. The van der Waals surface area contributed by atoms with Gasteiger partial charge in [-0.15, -0.1) is 0 Å². The summed E-state index contributed by atoms with van der Waals surface area (Å²) in [6.07, 6.45) is 14.3. The lowest BCUT2D eigenvalue weighted by Gasteiger charge is -2.30. The third-order valence-electron chi connectivity index (χ3n) is 5.72. The van der Waals surface area contributed by atoms with Gasteiger partial charge in [-0.3, -0.25) is 14.0 Å². The molecule has 0 spiro atoms. The van der Waals surface area contributed by atoms with Crippen molar-refractivity contribution in [2.45, 2.75) is 125 Å². The zero-order chi connectivity index (χ0) is 26.3. The van der Waals surface area contributed by atoms with E-state index in [1.165, 1.54) is 25.7 Å². The molecule has 0 bridgehead atoms. The Balaban J connectivity index is 5.45. The maximum absolute atomic E-state index is 13.7. The fourth-order valence-electron chi connectivity index (χ4n) is 3.42. The predicted octanol–water partition coefficient (Wildman–Crippen LogP) is 9.22. The molecule has 0 saturated carbocycles. The molecule has 0 atom stereocenters. The van der Waals surface area contributed by atoms with Crippen LogP contribution in [0, 0.1) is 0 Å². The Kier molecular flexibility index (Phi) is 23.6. The first-order valence-corrected chi connectivity index (χ1v) is 17.8. The first-order valence-electron chi connectivity index (χ1n) is 14.4. The molecule has 0 aliphatic heterocycles. The SMILES string of the molecule is CCCCCCCCN(CP(=O)(OCCCC)OCCCC)CP(=O)(OCCCC)OCCCC. The topological polar surface area (TPSA) is 74.3 Å². The molecule has 212 valence electrons. The van der Waals surface area contributed by atoms with Gasteiger partial charge in [-0.25, -0.2) is 0 Å². The monoisotopic (exact) mass is 541 g/mol. The Labute approximate surface area is 217 Å². The molecular weight excluding hydrogens is 484 g/mol. The summed E-state index contributed by atoms with van der Waals surface area (Å²) in [5.41, 5.74) is 0. The predicted molar refractivity (Wildman–Crippen MR) is 148 cm³/mol. The molecule has 0 fully saturated rings. The Morgan fingerprint density at radius 3 is 1.11 bits per heavy atom. The van der Waals surface area contributed by atoms with Crippen molar-refractivity contribution in [3.8, 4) is 0 Å². The molecule has 0 saturated heterocycles. The van der Waals surface area contributed by atoms with Gasteiger partial charge >= 0.3 is 15.2 Å². The van der Waals surface area contributed by atoms with Crippen LogP contribution in [-0.4, -0.2) is 50.4 Å². The molecule has 0 aromatic carbocycles. The van der Waals surface area contributed by atoms with Crippen LogP contribution in [0.2, 0.25) is 0 Å². The van der Waals surface area contributed by atoms with Gasteiger partial charge in [0, 0.05) is 0 Å². The van der Waals surface area contributed by atoms with Crippen LogP contribution < -0.4 is 0 Å². The smallest absolute Gasteiger partial charge is 0.308 e. The van der Waals surface area contributed by atoms with Crippen molar-refractivity contribution in [1.82, 2.24) is 4.90 Å². The van der Waals surface area contributed by atoms with Crippen molar-refractivity contribution in [3.63, 3.8) is 0 Å². The van der Waals surface area contributed by atoms with Crippen LogP contribution in [0.5, 0.6) is 0 Å². The summed E-state index contributed by atoms with van der Waals surface area (Å²) in [5, 5.41) is 0.